The number of hydrogen-bond donors (Lipinski definition) is 0. The summed E-state index contributed by atoms with van der Waals surface area (Å²) in [5.41, 5.74) is 7.49. The van der Waals surface area contributed by atoms with E-state index < -0.39 is 0 Å². The van der Waals surface area contributed by atoms with Gasteiger partial charge in [-0.1, -0.05) is 164 Å². The van der Waals surface area contributed by atoms with Gasteiger partial charge in [-0.25, -0.2) is 0 Å². The lowest BCUT2D eigenvalue weighted by Gasteiger charge is -2.18. The van der Waals surface area contributed by atoms with Crippen molar-refractivity contribution in [3.05, 3.63) is 194 Å². The molecule has 1 aromatic heterocycles. The van der Waals surface area contributed by atoms with Gasteiger partial charge in [0.1, 0.15) is 0 Å². The van der Waals surface area contributed by atoms with Gasteiger partial charge in [-0.2, -0.15) is 0 Å². The Bertz CT molecular complexity index is 3530. The zero-order valence-corrected chi connectivity index (χ0v) is 30.7. The monoisotopic (exact) mass is 712 g/mol. The van der Waals surface area contributed by atoms with Gasteiger partial charge in [0.05, 0.1) is 0 Å². The zero-order valence-electron chi connectivity index (χ0n) is 29.9. The smallest absolute Gasteiger partial charge is 0.0355 e. The van der Waals surface area contributed by atoms with Gasteiger partial charge in [0.15, 0.2) is 0 Å². The molecule has 0 saturated carbocycles. The summed E-state index contributed by atoms with van der Waals surface area (Å²) in [6.45, 7) is 0. The molecule has 0 N–H and O–H groups in total. The first-order valence-electron chi connectivity index (χ1n) is 19.0. The Morgan fingerprint density at radius 3 is 1.29 bits per heavy atom. The topological polar surface area (TPSA) is 0 Å². The molecule has 55 heavy (non-hydrogen) atoms. The van der Waals surface area contributed by atoms with Gasteiger partial charge in [0, 0.05) is 20.2 Å². The quantitative estimate of drug-likeness (QED) is 0.160. The lowest BCUT2D eigenvalue weighted by molar-refractivity contribution is 1.65. The van der Waals surface area contributed by atoms with Crippen LogP contribution in [0.25, 0.3) is 118 Å². The largest absolute Gasteiger partial charge is 0.135 e. The molecule has 0 nitrogen and oxygen atoms in total. The van der Waals surface area contributed by atoms with E-state index in [1.165, 1.54) is 118 Å². The summed E-state index contributed by atoms with van der Waals surface area (Å²) < 4.78 is 2.67. The highest BCUT2D eigenvalue weighted by molar-refractivity contribution is 7.25. The fraction of sp³-hybridized carbons (Fsp3) is 0. The van der Waals surface area contributed by atoms with Crippen LogP contribution in [0.15, 0.2) is 194 Å². The van der Waals surface area contributed by atoms with Crippen LogP contribution in [-0.2, 0) is 0 Å². The molecule has 0 saturated heterocycles. The SMILES string of the molecule is c1ccc(-c2ccc3c(c2)c2ccccc2c2c4ccc(-c5cccc6c(-c7ccc8sc9ccccc9c8c7)cccc56)cc4c4ccccc4c32)cc1. The first-order chi connectivity index (χ1) is 27.3. The summed E-state index contributed by atoms with van der Waals surface area (Å²) >= 11 is 1.87. The minimum absolute atomic E-state index is 1.23. The van der Waals surface area contributed by atoms with Gasteiger partial charge < -0.3 is 0 Å². The van der Waals surface area contributed by atoms with E-state index in [0.29, 0.717) is 0 Å². The molecule has 12 aromatic rings. The number of benzene rings is 11. The van der Waals surface area contributed by atoms with Crippen LogP contribution in [0.1, 0.15) is 0 Å². The molecule has 0 amide bonds. The van der Waals surface area contributed by atoms with Gasteiger partial charge in [-0.15, -0.1) is 11.3 Å². The number of hydrogen-bond acceptors (Lipinski definition) is 1. The van der Waals surface area contributed by atoms with Crippen molar-refractivity contribution >= 4 is 96.1 Å². The van der Waals surface area contributed by atoms with Crippen molar-refractivity contribution < 1.29 is 0 Å². The Morgan fingerprint density at radius 2 is 0.655 bits per heavy atom. The van der Waals surface area contributed by atoms with E-state index in [2.05, 4.69) is 194 Å². The van der Waals surface area contributed by atoms with Crippen LogP contribution in [0.4, 0.5) is 0 Å². The highest BCUT2D eigenvalue weighted by atomic mass is 32.1. The standard InChI is InChI=1S/C54H32S/c1-2-12-33(13-3-1)34-24-27-46-48(30-34)41-14-4-6-17-44(41)54-47-28-25-35(31-49(47)42-15-5-7-18-45(42)53(46)54)37-19-10-22-40-38(20-11-21-39(37)40)36-26-29-52-50(32-36)43-16-8-9-23-51(43)55-52/h1-32H. The normalized spacial score (nSPS) is 12.0. The minimum atomic E-state index is 1.23. The van der Waals surface area contributed by atoms with Crippen molar-refractivity contribution in [1.82, 2.24) is 0 Å². The second-order valence-electron chi connectivity index (χ2n) is 14.7. The maximum absolute atomic E-state index is 2.44. The van der Waals surface area contributed by atoms with Crippen LogP contribution in [-0.4, -0.2) is 0 Å². The molecule has 0 atom stereocenters. The third-order valence-corrected chi connectivity index (χ3v) is 13.0. The average Bonchev–Trinajstić information content (AvgIpc) is 3.64. The fourth-order valence-corrected chi connectivity index (χ4v) is 10.4. The second-order valence-corrected chi connectivity index (χ2v) is 15.8. The molecular formula is C54H32S. The summed E-state index contributed by atoms with van der Waals surface area (Å²) in [6.07, 6.45) is 0. The average molecular weight is 713 g/mol. The van der Waals surface area contributed by atoms with Crippen molar-refractivity contribution in [2.24, 2.45) is 0 Å². The van der Waals surface area contributed by atoms with E-state index in [-0.39, 0.29) is 0 Å². The predicted molar refractivity (Wildman–Crippen MR) is 241 cm³/mol. The molecule has 1 heterocycles. The maximum atomic E-state index is 2.44. The third kappa shape index (κ3) is 4.57. The van der Waals surface area contributed by atoms with Crippen LogP contribution >= 0.6 is 11.3 Å². The van der Waals surface area contributed by atoms with Crippen LogP contribution in [0.3, 0.4) is 0 Å². The minimum Gasteiger partial charge on any atom is -0.135 e. The van der Waals surface area contributed by atoms with Gasteiger partial charge in [0.2, 0.25) is 0 Å². The van der Waals surface area contributed by atoms with Crippen molar-refractivity contribution in [2.45, 2.75) is 0 Å². The Morgan fingerprint density at radius 1 is 0.218 bits per heavy atom. The maximum Gasteiger partial charge on any atom is 0.0355 e. The summed E-state index contributed by atoms with van der Waals surface area (Å²) in [5.74, 6) is 0. The molecule has 0 bridgehead atoms. The lowest BCUT2D eigenvalue weighted by Crippen LogP contribution is -1.90. The molecule has 12 rings (SSSR count). The van der Waals surface area contributed by atoms with E-state index in [1.807, 2.05) is 11.3 Å². The molecule has 0 fully saturated rings. The predicted octanol–water partition coefficient (Wildman–Crippen LogP) is 16.0. The van der Waals surface area contributed by atoms with E-state index in [0.717, 1.165) is 0 Å². The first-order valence-corrected chi connectivity index (χ1v) is 19.8. The molecular weight excluding hydrogens is 681 g/mol. The van der Waals surface area contributed by atoms with Gasteiger partial charge >= 0.3 is 0 Å². The van der Waals surface area contributed by atoms with Gasteiger partial charge in [0.25, 0.3) is 0 Å². The van der Waals surface area contributed by atoms with E-state index in [4.69, 9.17) is 0 Å². The van der Waals surface area contributed by atoms with Crippen molar-refractivity contribution in [2.75, 3.05) is 0 Å². The van der Waals surface area contributed by atoms with Crippen molar-refractivity contribution in [3.63, 3.8) is 0 Å². The molecule has 0 aliphatic heterocycles. The molecule has 0 aliphatic rings. The number of fused-ring (bicyclic) bond motifs is 15. The van der Waals surface area contributed by atoms with Gasteiger partial charge in [-0.3, -0.25) is 0 Å². The van der Waals surface area contributed by atoms with Crippen LogP contribution < -0.4 is 0 Å². The summed E-state index contributed by atoms with van der Waals surface area (Å²) in [4.78, 5) is 0. The molecule has 1 heteroatoms. The highest BCUT2D eigenvalue weighted by Gasteiger charge is 2.18. The van der Waals surface area contributed by atoms with Gasteiger partial charge in [-0.05, 0) is 128 Å². The lowest BCUT2D eigenvalue weighted by atomic mass is 9.85. The van der Waals surface area contributed by atoms with Crippen LogP contribution in [0, 0.1) is 0 Å². The molecule has 254 valence electrons. The Labute approximate surface area is 322 Å². The third-order valence-electron chi connectivity index (χ3n) is 11.8. The Balaban J connectivity index is 1.10. The highest BCUT2D eigenvalue weighted by Crippen LogP contribution is 2.46. The number of rotatable bonds is 3. The molecule has 0 aliphatic carbocycles. The van der Waals surface area contributed by atoms with Crippen molar-refractivity contribution in [3.8, 4) is 33.4 Å². The fourth-order valence-electron chi connectivity index (χ4n) is 9.36. The second kappa shape index (κ2) is 11.9. The summed E-state index contributed by atoms with van der Waals surface area (Å²) in [5, 5.41) is 18.2. The summed E-state index contributed by atoms with van der Waals surface area (Å²) in [7, 11) is 0. The Hall–Kier alpha value is -6.80. The van der Waals surface area contributed by atoms with E-state index >= 15 is 0 Å². The van der Waals surface area contributed by atoms with Crippen molar-refractivity contribution in [1.29, 1.82) is 0 Å². The Kier molecular flexibility index (Phi) is 6.60. The van der Waals surface area contributed by atoms with Crippen LogP contribution in [0.5, 0.6) is 0 Å². The molecule has 0 radical (unpaired) electrons. The van der Waals surface area contributed by atoms with E-state index in [9.17, 15) is 0 Å². The van der Waals surface area contributed by atoms with E-state index in [1.54, 1.807) is 0 Å². The molecule has 0 unspecified atom stereocenters. The molecule has 11 aromatic carbocycles. The first kappa shape index (κ1) is 30.6. The number of thiophene rings is 1. The molecule has 0 spiro atoms. The summed E-state index contributed by atoms with van der Waals surface area (Å²) in [6, 6.07) is 72.3. The van der Waals surface area contributed by atoms with Crippen LogP contribution in [0.2, 0.25) is 0 Å². The zero-order chi connectivity index (χ0) is 36.0.